The number of rotatable bonds is 4. The van der Waals surface area contributed by atoms with E-state index in [-0.39, 0.29) is 24.3 Å². The molecular formula is C87H63B2N3O2. The van der Waals surface area contributed by atoms with Crippen LogP contribution in [0.2, 0.25) is 0 Å². The molecule has 14 aromatic rings. The highest BCUT2D eigenvalue weighted by atomic mass is 16.5. The minimum Gasteiger partial charge on any atom is -0.458 e. The van der Waals surface area contributed by atoms with Gasteiger partial charge in [0, 0.05) is 57.0 Å². The Hall–Kier alpha value is -11.0. The zero-order chi connectivity index (χ0) is 62.7. The first kappa shape index (κ1) is 53.6. The monoisotopic (exact) mass is 1200 g/mol. The minimum atomic E-state index is -0.556. The van der Waals surface area contributed by atoms with Crippen molar-refractivity contribution in [3.63, 3.8) is 0 Å². The molecule has 5 heterocycles. The summed E-state index contributed by atoms with van der Waals surface area (Å²) in [5.41, 5.74) is 31.7. The van der Waals surface area contributed by atoms with Gasteiger partial charge in [0.15, 0.2) is 0 Å². The summed E-state index contributed by atoms with van der Waals surface area (Å²) in [4.78, 5) is 4.95. The summed E-state index contributed by atoms with van der Waals surface area (Å²) in [6, 6.07) is 103. The normalized spacial score (nSPS) is 14.4. The van der Waals surface area contributed by atoms with Gasteiger partial charge in [-0.2, -0.15) is 0 Å². The average Bonchev–Trinajstić information content (AvgIpc) is 1.46. The second kappa shape index (κ2) is 19.1. The lowest BCUT2D eigenvalue weighted by atomic mass is 9.31. The van der Waals surface area contributed by atoms with Gasteiger partial charge < -0.3 is 23.8 Å². The molecule has 2 aliphatic carbocycles. The number of benzene rings is 13. The van der Waals surface area contributed by atoms with Gasteiger partial charge in [-0.1, -0.05) is 224 Å². The molecule has 94 heavy (non-hydrogen) atoms. The minimum absolute atomic E-state index is 0.0345. The third-order valence-corrected chi connectivity index (χ3v) is 21.6. The van der Waals surface area contributed by atoms with Crippen molar-refractivity contribution in [2.45, 2.75) is 57.8 Å². The van der Waals surface area contributed by atoms with Crippen molar-refractivity contribution in [1.82, 2.24) is 4.57 Å². The van der Waals surface area contributed by atoms with Crippen molar-refractivity contribution in [2.75, 3.05) is 9.80 Å². The van der Waals surface area contributed by atoms with Crippen molar-refractivity contribution in [1.29, 1.82) is 0 Å². The van der Waals surface area contributed by atoms with E-state index in [2.05, 4.69) is 329 Å². The number of nitrogens with zero attached hydrogens (tertiary/aromatic N) is 3. The molecule has 4 aliphatic heterocycles. The smallest absolute Gasteiger partial charge is 0.256 e. The third kappa shape index (κ3) is 7.22. The van der Waals surface area contributed by atoms with Crippen LogP contribution < -0.4 is 52.1 Å². The van der Waals surface area contributed by atoms with Crippen molar-refractivity contribution < 1.29 is 9.47 Å². The molecule has 0 bridgehead atoms. The molecule has 0 amide bonds. The average molecular weight is 1200 g/mol. The van der Waals surface area contributed by atoms with Crippen LogP contribution in [-0.2, 0) is 16.2 Å². The molecule has 444 valence electrons. The Morgan fingerprint density at radius 3 is 1.28 bits per heavy atom. The summed E-state index contributed by atoms with van der Waals surface area (Å²) < 4.78 is 17.9. The molecule has 0 saturated carbocycles. The van der Waals surface area contributed by atoms with E-state index >= 15 is 0 Å². The van der Waals surface area contributed by atoms with Gasteiger partial charge in [0.05, 0.1) is 22.1 Å². The van der Waals surface area contributed by atoms with Crippen LogP contribution in [0.3, 0.4) is 0 Å². The van der Waals surface area contributed by atoms with E-state index in [1.54, 1.807) is 0 Å². The Morgan fingerprint density at radius 1 is 0.319 bits per heavy atom. The maximum absolute atomic E-state index is 7.73. The summed E-state index contributed by atoms with van der Waals surface area (Å²) in [5.74, 6) is 3.26. The Balaban J connectivity index is 0.821. The van der Waals surface area contributed by atoms with Gasteiger partial charge in [0.25, 0.3) is 13.4 Å². The van der Waals surface area contributed by atoms with Gasteiger partial charge in [0.1, 0.15) is 23.0 Å². The predicted molar refractivity (Wildman–Crippen MR) is 392 cm³/mol. The molecule has 1 spiro atoms. The summed E-state index contributed by atoms with van der Waals surface area (Å²) in [5, 5.41) is 2.49. The quantitative estimate of drug-likeness (QED) is 0.164. The van der Waals surface area contributed by atoms with Crippen molar-refractivity contribution in [3.05, 3.63) is 306 Å². The Kier molecular flexibility index (Phi) is 10.9. The molecule has 7 heteroatoms. The fourth-order valence-electron chi connectivity index (χ4n) is 17.5. The standard InChI is InChI=1S/C87H63B2N3O2/c1-85(2,3)53-40-42-72-63(46-53)64-47-54(86(4,5)6)41-43-73(64)92(72)57-48-77-84-81(49-57)94-79-51-78-70(50-71(79)89(84)69-37-20-22-39-75(69)91(77)56-26-11-8-12-27-56)88-68-36-19-21-38-74(68)90(55-24-9-7-10-25-55)76-44-52(45-80(93-78)83(76)88)58-31-23-32-62-61-30-15-18-35-67(61)87(82(58)62)65-33-16-13-28-59(65)60-29-14-17-34-66(60)87/h7-51H,1-6H3. The Bertz CT molecular complexity index is 5500. The number of hydrogen-bond donors (Lipinski definition) is 0. The molecule has 13 aromatic carbocycles. The van der Waals surface area contributed by atoms with E-state index in [9.17, 15) is 0 Å². The summed E-state index contributed by atoms with van der Waals surface area (Å²) in [6.45, 7) is 13.5. The molecule has 0 radical (unpaired) electrons. The van der Waals surface area contributed by atoms with Crippen LogP contribution in [0.25, 0.3) is 60.9 Å². The number of aromatic nitrogens is 1. The van der Waals surface area contributed by atoms with E-state index in [1.165, 1.54) is 82.9 Å². The van der Waals surface area contributed by atoms with Crippen LogP contribution in [0, 0.1) is 0 Å². The number of fused-ring (bicyclic) bond motifs is 21. The van der Waals surface area contributed by atoms with Crippen LogP contribution in [0.5, 0.6) is 23.0 Å². The molecule has 6 aliphatic rings. The predicted octanol–water partition coefficient (Wildman–Crippen LogP) is 18.2. The van der Waals surface area contributed by atoms with Crippen LogP contribution >= 0.6 is 0 Å². The molecule has 5 nitrogen and oxygen atoms in total. The van der Waals surface area contributed by atoms with Crippen LogP contribution in [0.4, 0.5) is 34.1 Å². The molecule has 0 saturated heterocycles. The molecule has 0 N–H and O–H groups in total. The largest absolute Gasteiger partial charge is 0.458 e. The summed E-state index contributed by atoms with van der Waals surface area (Å²) >= 11 is 0. The van der Waals surface area contributed by atoms with Crippen molar-refractivity contribution in [2.24, 2.45) is 0 Å². The highest BCUT2D eigenvalue weighted by Gasteiger charge is 2.54. The van der Waals surface area contributed by atoms with E-state index in [1.807, 2.05) is 0 Å². The number of anilines is 6. The Labute approximate surface area is 548 Å². The van der Waals surface area contributed by atoms with Crippen molar-refractivity contribution >= 4 is 102 Å². The van der Waals surface area contributed by atoms with Gasteiger partial charge in [-0.25, -0.2) is 0 Å². The fourth-order valence-corrected chi connectivity index (χ4v) is 17.5. The molecule has 0 atom stereocenters. The lowest BCUT2D eigenvalue weighted by molar-refractivity contribution is 0.466. The van der Waals surface area contributed by atoms with Crippen molar-refractivity contribution in [3.8, 4) is 62.1 Å². The molecule has 0 fully saturated rings. The summed E-state index contributed by atoms with van der Waals surface area (Å²) in [6.07, 6.45) is 0. The maximum atomic E-state index is 7.73. The van der Waals surface area contributed by atoms with E-state index < -0.39 is 5.41 Å². The molecular weight excluding hydrogens is 1140 g/mol. The lowest BCUT2D eigenvalue weighted by Gasteiger charge is -2.42. The lowest BCUT2D eigenvalue weighted by Crippen LogP contribution is -2.63. The zero-order valence-electron chi connectivity index (χ0n) is 53.3. The third-order valence-electron chi connectivity index (χ3n) is 21.6. The van der Waals surface area contributed by atoms with Gasteiger partial charge in [-0.3, -0.25) is 0 Å². The molecule has 0 unspecified atom stereocenters. The second-order valence-corrected chi connectivity index (χ2v) is 28.7. The fraction of sp³-hybridized carbons (Fsp3) is 0.103. The molecule has 1 aromatic heterocycles. The number of ether oxygens (including phenoxy) is 2. The summed E-state index contributed by atoms with van der Waals surface area (Å²) in [7, 11) is 0. The Morgan fingerprint density at radius 2 is 0.755 bits per heavy atom. The van der Waals surface area contributed by atoms with Crippen LogP contribution in [-0.4, -0.2) is 18.0 Å². The van der Waals surface area contributed by atoms with E-state index in [0.29, 0.717) is 0 Å². The van der Waals surface area contributed by atoms with Gasteiger partial charge in [-0.05, 0) is 189 Å². The maximum Gasteiger partial charge on any atom is 0.256 e. The van der Waals surface area contributed by atoms with Gasteiger partial charge >= 0.3 is 0 Å². The van der Waals surface area contributed by atoms with Gasteiger partial charge in [0.2, 0.25) is 0 Å². The second-order valence-electron chi connectivity index (χ2n) is 28.7. The first-order valence-corrected chi connectivity index (χ1v) is 33.2. The highest BCUT2D eigenvalue weighted by Crippen LogP contribution is 2.65. The van der Waals surface area contributed by atoms with Crippen LogP contribution in [0.15, 0.2) is 273 Å². The SMILES string of the molecule is CC(C)(C)c1ccc2c(c1)c1cc(C(C)(C)C)ccc1n2-c1cc2c3c(c1)N(c1ccccc1)c1ccccc1B3c1cc3c(cc1O2)Oc1cc(-c2cccc4c2C2(c5ccccc5-c5ccccc52)c2ccccc2-4)cc2c1B3c1ccccc1N2c1ccccc1. The first-order valence-electron chi connectivity index (χ1n) is 33.2. The molecule has 20 rings (SSSR count). The highest BCUT2D eigenvalue weighted by molar-refractivity contribution is 7.02. The number of hydrogen-bond acceptors (Lipinski definition) is 4. The number of para-hydroxylation sites is 4. The first-order chi connectivity index (χ1) is 45.9. The van der Waals surface area contributed by atoms with Gasteiger partial charge in [-0.15, -0.1) is 0 Å². The van der Waals surface area contributed by atoms with E-state index in [4.69, 9.17) is 9.47 Å². The zero-order valence-corrected chi connectivity index (χ0v) is 53.3. The van der Waals surface area contributed by atoms with Crippen LogP contribution in [0.1, 0.15) is 74.9 Å². The topological polar surface area (TPSA) is 29.9 Å². The van der Waals surface area contributed by atoms with E-state index in [0.717, 1.165) is 101 Å².